The summed E-state index contributed by atoms with van der Waals surface area (Å²) in [5.74, 6) is 0.556. The van der Waals surface area contributed by atoms with E-state index in [1.165, 1.54) is 31.2 Å². The molecular weight excluding hydrogens is 329 g/mol. The molecular formula is C18H27BrFN. The van der Waals surface area contributed by atoms with E-state index >= 15 is 0 Å². The lowest BCUT2D eigenvalue weighted by molar-refractivity contribution is 0.161. The van der Waals surface area contributed by atoms with Crippen LogP contribution in [0.25, 0.3) is 0 Å². The molecule has 118 valence electrons. The van der Waals surface area contributed by atoms with E-state index in [1.54, 1.807) is 6.07 Å². The third-order valence-electron chi connectivity index (χ3n) is 4.86. The molecule has 2 rings (SSSR count). The highest BCUT2D eigenvalue weighted by atomic mass is 79.9. The predicted octanol–water partition coefficient (Wildman–Crippen LogP) is 5.33. The first-order chi connectivity index (χ1) is 9.91. The molecule has 1 saturated carbocycles. The van der Waals surface area contributed by atoms with Crippen molar-refractivity contribution in [3.8, 4) is 0 Å². The molecule has 1 N–H and O–H groups in total. The largest absolute Gasteiger partial charge is 0.314 e. The van der Waals surface area contributed by atoms with Crippen molar-refractivity contribution in [3.05, 3.63) is 34.1 Å². The van der Waals surface area contributed by atoms with Gasteiger partial charge in [0.2, 0.25) is 0 Å². The fourth-order valence-electron chi connectivity index (χ4n) is 3.41. The van der Waals surface area contributed by atoms with Crippen LogP contribution in [0.4, 0.5) is 4.39 Å². The second-order valence-corrected chi connectivity index (χ2v) is 7.97. The Morgan fingerprint density at radius 1 is 1.33 bits per heavy atom. The van der Waals surface area contributed by atoms with Crippen LogP contribution in [0.1, 0.15) is 52.0 Å². The number of hydrogen-bond acceptors (Lipinski definition) is 1. The molecule has 1 aromatic carbocycles. The molecule has 1 nitrogen and oxygen atoms in total. The first-order valence-electron chi connectivity index (χ1n) is 8.08. The number of hydrogen-bond donors (Lipinski definition) is 1. The quantitative estimate of drug-likeness (QED) is 0.752. The van der Waals surface area contributed by atoms with Gasteiger partial charge in [-0.2, -0.15) is 0 Å². The highest BCUT2D eigenvalue weighted by Crippen LogP contribution is 2.39. The van der Waals surface area contributed by atoms with Crippen molar-refractivity contribution >= 4 is 15.9 Å². The van der Waals surface area contributed by atoms with E-state index in [9.17, 15) is 4.39 Å². The molecule has 1 aliphatic carbocycles. The van der Waals surface area contributed by atoms with Gasteiger partial charge in [0.1, 0.15) is 5.82 Å². The van der Waals surface area contributed by atoms with Gasteiger partial charge in [-0.05, 0) is 83.6 Å². The van der Waals surface area contributed by atoms with Crippen molar-refractivity contribution in [3.63, 3.8) is 0 Å². The van der Waals surface area contributed by atoms with Crippen LogP contribution in [-0.2, 0) is 6.42 Å². The van der Waals surface area contributed by atoms with Crippen LogP contribution < -0.4 is 5.32 Å². The van der Waals surface area contributed by atoms with Crippen molar-refractivity contribution in [2.24, 2.45) is 11.3 Å². The summed E-state index contributed by atoms with van der Waals surface area (Å²) in [6, 6.07) is 5.90. The average molecular weight is 356 g/mol. The summed E-state index contributed by atoms with van der Waals surface area (Å²) in [7, 11) is 0. The van der Waals surface area contributed by atoms with Gasteiger partial charge in [-0.15, -0.1) is 0 Å². The van der Waals surface area contributed by atoms with Crippen molar-refractivity contribution in [1.29, 1.82) is 0 Å². The Kier molecular flexibility index (Phi) is 5.84. The zero-order valence-electron chi connectivity index (χ0n) is 13.4. The predicted molar refractivity (Wildman–Crippen MR) is 91.0 cm³/mol. The summed E-state index contributed by atoms with van der Waals surface area (Å²) < 4.78 is 13.9. The van der Waals surface area contributed by atoms with Crippen molar-refractivity contribution in [2.75, 3.05) is 6.54 Å². The summed E-state index contributed by atoms with van der Waals surface area (Å²) >= 11 is 3.29. The lowest BCUT2D eigenvalue weighted by Gasteiger charge is -2.38. The van der Waals surface area contributed by atoms with Crippen LogP contribution >= 0.6 is 15.9 Å². The lowest BCUT2D eigenvalue weighted by Crippen LogP contribution is -2.40. The van der Waals surface area contributed by atoms with E-state index in [2.05, 4.69) is 42.0 Å². The maximum atomic E-state index is 13.4. The van der Waals surface area contributed by atoms with Crippen molar-refractivity contribution in [1.82, 2.24) is 5.32 Å². The van der Waals surface area contributed by atoms with Crippen LogP contribution in [0.2, 0.25) is 0 Å². The van der Waals surface area contributed by atoms with Gasteiger partial charge in [0.15, 0.2) is 0 Å². The van der Waals surface area contributed by atoms with Gasteiger partial charge in [-0.25, -0.2) is 4.39 Å². The van der Waals surface area contributed by atoms with Gasteiger partial charge < -0.3 is 5.32 Å². The molecule has 1 atom stereocenters. The fraction of sp³-hybridized carbons (Fsp3) is 0.667. The van der Waals surface area contributed by atoms with Gasteiger partial charge in [-0.1, -0.05) is 26.8 Å². The highest BCUT2D eigenvalue weighted by Gasteiger charge is 2.31. The molecule has 0 heterocycles. The maximum Gasteiger partial charge on any atom is 0.137 e. The molecule has 0 amide bonds. The standard InChI is InChI=1S/C18H27BrFN/c1-4-21-17(14-7-9-18(2,3)10-8-14)12-13-5-6-16(20)15(19)11-13/h5-6,11,14,17,21H,4,7-10,12H2,1-3H3. The highest BCUT2D eigenvalue weighted by molar-refractivity contribution is 9.10. The third-order valence-corrected chi connectivity index (χ3v) is 5.47. The summed E-state index contributed by atoms with van der Waals surface area (Å²) in [6.45, 7) is 7.92. The number of halogens is 2. The zero-order valence-corrected chi connectivity index (χ0v) is 15.0. The van der Waals surface area contributed by atoms with Gasteiger partial charge in [-0.3, -0.25) is 0 Å². The molecule has 3 heteroatoms. The Morgan fingerprint density at radius 2 is 2.00 bits per heavy atom. The first-order valence-corrected chi connectivity index (χ1v) is 8.88. The minimum absolute atomic E-state index is 0.182. The summed E-state index contributed by atoms with van der Waals surface area (Å²) in [5.41, 5.74) is 1.71. The Balaban J connectivity index is 2.03. The lowest BCUT2D eigenvalue weighted by atomic mass is 9.70. The third kappa shape index (κ3) is 4.79. The Hall–Kier alpha value is -0.410. The normalized spacial score (nSPS) is 20.4. The van der Waals surface area contributed by atoms with Crippen LogP contribution in [0.3, 0.4) is 0 Å². The monoisotopic (exact) mass is 355 g/mol. The van der Waals surface area contributed by atoms with E-state index in [-0.39, 0.29) is 5.82 Å². The molecule has 0 aliphatic heterocycles. The maximum absolute atomic E-state index is 13.4. The SMILES string of the molecule is CCNC(Cc1ccc(F)c(Br)c1)C1CCC(C)(C)CC1. The van der Waals surface area contributed by atoms with Gasteiger partial charge in [0.25, 0.3) is 0 Å². The number of benzene rings is 1. The number of likely N-dealkylation sites (N-methyl/N-ethyl adjacent to an activating group) is 1. The zero-order chi connectivity index (χ0) is 15.5. The Labute approximate surface area is 136 Å². The summed E-state index contributed by atoms with van der Waals surface area (Å²) in [6.07, 6.45) is 6.21. The molecule has 1 aromatic rings. The van der Waals surface area contributed by atoms with Crippen LogP contribution in [0, 0.1) is 17.2 Å². The second kappa shape index (κ2) is 7.23. The molecule has 0 aromatic heterocycles. The van der Waals surface area contributed by atoms with Gasteiger partial charge in [0, 0.05) is 6.04 Å². The van der Waals surface area contributed by atoms with Crippen LogP contribution in [0.15, 0.2) is 22.7 Å². The molecule has 0 bridgehead atoms. The number of rotatable bonds is 5. The van der Waals surface area contributed by atoms with Crippen LogP contribution in [-0.4, -0.2) is 12.6 Å². The smallest absolute Gasteiger partial charge is 0.137 e. The first kappa shape index (κ1) is 17.0. The fourth-order valence-corrected chi connectivity index (χ4v) is 3.84. The minimum atomic E-state index is -0.182. The van der Waals surface area contributed by atoms with Gasteiger partial charge in [0.05, 0.1) is 4.47 Å². The number of nitrogens with one attached hydrogen (secondary N) is 1. The summed E-state index contributed by atoms with van der Waals surface area (Å²) in [4.78, 5) is 0. The minimum Gasteiger partial charge on any atom is -0.314 e. The Bertz CT molecular complexity index is 462. The molecule has 21 heavy (non-hydrogen) atoms. The average Bonchev–Trinajstić information content (AvgIpc) is 2.42. The second-order valence-electron chi connectivity index (χ2n) is 7.12. The molecule has 0 spiro atoms. The van der Waals surface area contributed by atoms with Crippen LogP contribution in [0.5, 0.6) is 0 Å². The molecule has 1 unspecified atom stereocenters. The van der Waals surface area contributed by atoms with E-state index in [1.807, 2.05) is 12.1 Å². The molecule has 0 radical (unpaired) electrons. The Morgan fingerprint density at radius 3 is 2.57 bits per heavy atom. The van der Waals surface area contributed by atoms with E-state index in [0.29, 0.717) is 15.9 Å². The molecule has 0 saturated heterocycles. The van der Waals surface area contributed by atoms with Crippen molar-refractivity contribution < 1.29 is 4.39 Å². The molecule has 1 aliphatic rings. The van der Waals surface area contributed by atoms with E-state index < -0.39 is 0 Å². The topological polar surface area (TPSA) is 12.0 Å². The summed E-state index contributed by atoms with van der Waals surface area (Å²) in [5, 5.41) is 3.65. The van der Waals surface area contributed by atoms with Crippen molar-refractivity contribution in [2.45, 2.75) is 58.9 Å². The molecule has 1 fully saturated rings. The van der Waals surface area contributed by atoms with E-state index in [4.69, 9.17) is 0 Å². The van der Waals surface area contributed by atoms with E-state index in [0.717, 1.165) is 18.9 Å². The van der Waals surface area contributed by atoms with Gasteiger partial charge >= 0.3 is 0 Å².